The zero-order chi connectivity index (χ0) is 22.6. The molecule has 0 radical (unpaired) electrons. The van der Waals surface area contributed by atoms with Gasteiger partial charge in [-0.2, -0.15) is 9.29 Å². The Bertz CT molecular complexity index is 1180. The van der Waals surface area contributed by atoms with Crippen molar-refractivity contribution < 1.29 is 17.7 Å². The molecule has 0 saturated heterocycles. The average molecular weight is 483 g/mol. The lowest BCUT2D eigenvalue weighted by molar-refractivity contribution is -0.131. The molecule has 8 nitrogen and oxygen atoms in total. The topological polar surface area (TPSA) is 96.6 Å². The molecule has 0 atom stereocenters. The molecule has 1 amide bonds. The van der Waals surface area contributed by atoms with Crippen LogP contribution in [0.4, 0.5) is 0 Å². The van der Waals surface area contributed by atoms with E-state index in [2.05, 4.69) is 10.1 Å². The number of hydrogen-bond acceptors (Lipinski definition) is 6. The second-order valence-electron chi connectivity index (χ2n) is 6.89. The molecule has 0 saturated carbocycles. The Labute approximate surface area is 190 Å². The molecule has 3 aromatic rings. The maximum atomic E-state index is 12.7. The molecule has 0 N–H and O–H groups in total. The number of aromatic nitrogens is 2. The zero-order valence-corrected chi connectivity index (χ0v) is 19.2. The van der Waals surface area contributed by atoms with Crippen molar-refractivity contribution in [3.8, 4) is 11.4 Å². The van der Waals surface area contributed by atoms with E-state index in [1.165, 1.54) is 11.9 Å². The molecule has 0 bridgehead atoms. The number of halogens is 2. The van der Waals surface area contributed by atoms with E-state index >= 15 is 0 Å². The average Bonchev–Trinajstić information content (AvgIpc) is 3.16. The number of rotatable bonds is 8. The molecule has 11 heteroatoms. The van der Waals surface area contributed by atoms with Gasteiger partial charge in [-0.3, -0.25) is 4.79 Å². The molecule has 0 aliphatic rings. The van der Waals surface area contributed by atoms with Gasteiger partial charge in [0.1, 0.15) is 0 Å². The molecule has 164 valence electrons. The van der Waals surface area contributed by atoms with Crippen molar-refractivity contribution in [1.29, 1.82) is 0 Å². The third-order valence-electron chi connectivity index (χ3n) is 4.43. The number of carbonyl (C=O) groups excluding carboxylic acids is 1. The fourth-order valence-electron chi connectivity index (χ4n) is 2.73. The molecule has 1 heterocycles. The fraction of sp³-hybridized carbons (Fsp3) is 0.250. The van der Waals surface area contributed by atoms with Gasteiger partial charge in [0.05, 0.1) is 19.3 Å². The highest BCUT2D eigenvalue weighted by Gasteiger charge is 2.24. The summed E-state index contributed by atoms with van der Waals surface area (Å²) < 4.78 is 30.7. The monoisotopic (exact) mass is 482 g/mol. The van der Waals surface area contributed by atoms with Gasteiger partial charge < -0.3 is 9.42 Å². The van der Waals surface area contributed by atoms with Gasteiger partial charge in [-0.05, 0) is 23.8 Å². The first-order valence-corrected chi connectivity index (χ1v) is 11.7. The van der Waals surface area contributed by atoms with Gasteiger partial charge in [0.2, 0.25) is 27.6 Å². The van der Waals surface area contributed by atoms with E-state index in [-0.39, 0.29) is 25.5 Å². The second-order valence-corrected chi connectivity index (χ2v) is 9.72. The van der Waals surface area contributed by atoms with Crippen LogP contribution < -0.4 is 0 Å². The van der Waals surface area contributed by atoms with E-state index < -0.39 is 15.9 Å². The Kier molecular flexibility index (Phi) is 7.32. The van der Waals surface area contributed by atoms with Crippen LogP contribution in [-0.2, 0) is 27.9 Å². The van der Waals surface area contributed by atoms with E-state index in [9.17, 15) is 13.2 Å². The summed E-state index contributed by atoms with van der Waals surface area (Å²) >= 11 is 12.1. The van der Waals surface area contributed by atoms with Crippen LogP contribution in [0.1, 0.15) is 11.5 Å². The molecule has 0 fully saturated rings. The van der Waals surface area contributed by atoms with Gasteiger partial charge in [-0.15, -0.1) is 0 Å². The maximum Gasteiger partial charge on any atom is 0.246 e. The van der Waals surface area contributed by atoms with E-state index in [1.54, 1.807) is 48.5 Å². The first-order valence-electron chi connectivity index (χ1n) is 9.14. The lowest BCUT2D eigenvalue weighted by Gasteiger charge is -2.23. The second kappa shape index (κ2) is 9.78. The third kappa shape index (κ3) is 6.27. The van der Waals surface area contributed by atoms with Gasteiger partial charge >= 0.3 is 0 Å². The first kappa shape index (κ1) is 23.2. The van der Waals surface area contributed by atoms with Crippen molar-refractivity contribution in [3.05, 3.63) is 70.0 Å². The van der Waals surface area contributed by atoms with Gasteiger partial charge in [0.25, 0.3) is 0 Å². The summed E-state index contributed by atoms with van der Waals surface area (Å²) in [4.78, 5) is 18.3. The smallest absolute Gasteiger partial charge is 0.246 e. The summed E-state index contributed by atoms with van der Waals surface area (Å²) in [6.45, 7) is -0.344. The van der Waals surface area contributed by atoms with Crippen LogP contribution in [0.3, 0.4) is 0 Å². The minimum absolute atomic E-state index is 0.0163. The standard InChI is InChI=1S/C20H20Cl2N4O4S/c1-25(12-18-23-20(24-30-18)14-7-5-8-16(21)10-14)19(27)13-26(31(2,28)29)11-15-6-3-4-9-17(15)22/h3-10H,11-13H2,1-2H3. The summed E-state index contributed by atoms with van der Waals surface area (Å²) in [5.74, 6) is 0.123. The Hall–Kier alpha value is -2.46. The minimum Gasteiger partial charge on any atom is -0.337 e. The molecule has 0 spiro atoms. The van der Waals surface area contributed by atoms with Gasteiger partial charge in [-0.25, -0.2) is 8.42 Å². The maximum absolute atomic E-state index is 12.7. The summed E-state index contributed by atoms with van der Waals surface area (Å²) in [6, 6.07) is 13.9. The van der Waals surface area contributed by atoms with Crippen LogP contribution in [0.25, 0.3) is 11.4 Å². The molecule has 0 aliphatic heterocycles. The largest absolute Gasteiger partial charge is 0.337 e. The molecular weight excluding hydrogens is 463 g/mol. The SMILES string of the molecule is CN(Cc1nc(-c2cccc(Cl)c2)no1)C(=O)CN(Cc1ccccc1Cl)S(C)(=O)=O. The highest BCUT2D eigenvalue weighted by molar-refractivity contribution is 7.88. The predicted octanol–water partition coefficient (Wildman–Crippen LogP) is 3.46. The molecular formula is C20H20Cl2N4O4S. The Morgan fingerprint density at radius 1 is 1.10 bits per heavy atom. The number of likely N-dealkylation sites (N-methyl/N-ethyl adjacent to an activating group) is 1. The summed E-state index contributed by atoms with van der Waals surface area (Å²) in [5, 5.41) is 4.87. The molecule has 2 aromatic carbocycles. The number of amides is 1. The number of sulfonamides is 1. The van der Waals surface area contributed by atoms with Gasteiger partial charge in [0.15, 0.2) is 0 Å². The van der Waals surface area contributed by atoms with E-state index in [1.807, 2.05) is 0 Å². The molecule has 3 rings (SSSR count). The Morgan fingerprint density at radius 2 is 1.84 bits per heavy atom. The fourth-order valence-corrected chi connectivity index (χ4v) is 3.84. The van der Waals surface area contributed by atoms with E-state index in [0.717, 1.165) is 10.6 Å². The Morgan fingerprint density at radius 3 is 2.52 bits per heavy atom. The van der Waals surface area contributed by atoms with Gasteiger partial charge in [-0.1, -0.05) is 58.7 Å². The zero-order valence-electron chi connectivity index (χ0n) is 16.8. The minimum atomic E-state index is -3.65. The van der Waals surface area contributed by atoms with Crippen LogP contribution in [0.5, 0.6) is 0 Å². The Balaban J connectivity index is 1.68. The van der Waals surface area contributed by atoms with Crippen molar-refractivity contribution in [2.45, 2.75) is 13.1 Å². The van der Waals surface area contributed by atoms with Crippen LogP contribution in [-0.4, -0.2) is 53.5 Å². The van der Waals surface area contributed by atoms with Crippen LogP contribution in [0, 0.1) is 0 Å². The molecule has 0 unspecified atom stereocenters. The number of nitrogens with zero attached hydrogens (tertiary/aromatic N) is 4. The lowest BCUT2D eigenvalue weighted by Crippen LogP contribution is -2.40. The van der Waals surface area contributed by atoms with Crippen molar-refractivity contribution in [3.63, 3.8) is 0 Å². The van der Waals surface area contributed by atoms with Crippen LogP contribution in [0.2, 0.25) is 10.0 Å². The van der Waals surface area contributed by atoms with Crippen molar-refractivity contribution >= 4 is 39.1 Å². The number of benzene rings is 2. The lowest BCUT2D eigenvalue weighted by atomic mass is 10.2. The summed E-state index contributed by atoms with van der Waals surface area (Å²) in [5.41, 5.74) is 1.28. The third-order valence-corrected chi connectivity index (χ3v) is 6.23. The van der Waals surface area contributed by atoms with Crippen molar-refractivity contribution in [2.24, 2.45) is 0 Å². The van der Waals surface area contributed by atoms with Gasteiger partial charge in [0, 0.05) is 29.2 Å². The highest BCUT2D eigenvalue weighted by atomic mass is 35.5. The summed E-state index contributed by atoms with van der Waals surface area (Å²) in [6.07, 6.45) is 1.05. The summed E-state index contributed by atoms with van der Waals surface area (Å²) in [7, 11) is -2.12. The van der Waals surface area contributed by atoms with Crippen LogP contribution >= 0.6 is 23.2 Å². The van der Waals surface area contributed by atoms with Crippen molar-refractivity contribution in [2.75, 3.05) is 19.8 Å². The number of hydrogen-bond donors (Lipinski definition) is 0. The molecule has 0 aliphatic carbocycles. The predicted molar refractivity (Wildman–Crippen MR) is 118 cm³/mol. The first-order chi connectivity index (χ1) is 14.6. The number of carbonyl (C=O) groups is 1. The molecule has 1 aromatic heterocycles. The van der Waals surface area contributed by atoms with Crippen molar-refractivity contribution in [1.82, 2.24) is 19.3 Å². The molecule has 31 heavy (non-hydrogen) atoms. The highest BCUT2D eigenvalue weighted by Crippen LogP contribution is 2.21. The van der Waals surface area contributed by atoms with E-state index in [4.69, 9.17) is 27.7 Å². The normalized spacial score (nSPS) is 11.6. The quantitative estimate of drug-likeness (QED) is 0.487. The van der Waals surface area contributed by atoms with E-state index in [0.29, 0.717) is 27.0 Å². The van der Waals surface area contributed by atoms with Crippen LogP contribution in [0.15, 0.2) is 53.1 Å².